The maximum absolute atomic E-state index is 4.53. The second kappa shape index (κ2) is 7.90. The highest BCUT2D eigenvalue weighted by atomic mass is 32.2. The van der Waals surface area contributed by atoms with Gasteiger partial charge in [0.05, 0.1) is 5.69 Å². The molecule has 1 aromatic carbocycles. The molecule has 2 atom stereocenters. The zero-order chi connectivity index (χ0) is 17.1. The molecule has 0 aliphatic carbocycles. The summed E-state index contributed by atoms with van der Waals surface area (Å²) >= 11 is 1.87. The molecule has 0 unspecified atom stereocenters. The van der Waals surface area contributed by atoms with Crippen LogP contribution in [0.4, 0.5) is 0 Å². The van der Waals surface area contributed by atoms with Crippen LogP contribution >= 0.6 is 11.8 Å². The van der Waals surface area contributed by atoms with E-state index < -0.39 is 0 Å². The van der Waals surface area contributed by atoms with Gasteiger partial charge in [0.25, 0.3) is 0 Å². The van der Waals surface area contributed by atoms with Crippen molar-refractivity contribution >= 4 is 11.8 Å². The largest absolute Gasteiger partial charge is 0.296 e. The number of thioether (sulfide) groups is 1. The van der Waals surface area contributed by atoms with Gasteiger partial charge in [-0.2, -0.15) is 0 Å². The molecule has 25 heavy (non-hydrogen) atoms. The van der Waals surface area contributed by atoms with Gasteiger partial charge in [-0.15, -0.1) is 11.8 Å². The zero-order valence-corrected chi connectivity index (χ0v) is 15.8. The van der Waals surface area contributed by atoms with Crippen molar-refractivity contribution in [1.29, 1.82) is 0 Å². The molecule has 2 aromatic rings. The van der Waals surface area contributed by atoms with Gasteiger partial charge in [-0.1, -0.05) is 24.3 Å². The topological polar surface area (TPSA) is 19.4 Å². The van der Waals surface area contributed by atoms with E-state index in [0.717, 1.165) is 19.0 Å². The highest BCUT2D eigenvalue weighted by molar-refractivity contribution is 7.98. The fourth-order valence-electron chi connectivity index (χ4n) is 4.37. The van der Waals surface area contributed by atoms with Gasteiger partial charge in [-0.25, -0.2) is 0 Å². The fourth-order valence-corrected chi connectivity index (χ4v) is 4.98. The number of aromatic nitrogens is 1. The third kappa shape index (κ3) is 4.08. The highest BCUT2D eigenvalue weighted by Gasteiger charge is 2.34. The molecule has 4 heterocycles. The molecule has 0 saturated carbocycles. The minimum absolute atomic E-state index is 0.678. The molecule has 4 heteroatoms. The van der Waals surface area contributed by atoms with Crippen LogP contribution in [0.1, 0.15) is 24.1 Å². The van der Waals surface area contributed by atoms with Crippen LogP contribution in [0.2, 0.25) is 0 Å². The number of pyridine rings is 1. The SMILES string of the molecule is CSc1ccccc1CN1C[C@H]2CC[C@@H]1CN(Cc1ccccn1)C2. The van der Waals surface area contributed by atoms with Crippen LogP contribution in [0.15, 0.2) is 53.6 Å². The van der Waals surface area contributed by atoms with E-state index in [4.69, 9.17) is 0 Å². The van der Waals surface area contributed by atoms with Gasteiger partial charge < -0.3 is 0 Å². The molecule has 3 saturated heterocycles. The minimum atomic E-state index is 0.678. The van der Waals surface area contributed by atoms with Crippen molar-refractivity contribution in [2.75, 3.05) is 25.9 Å². The summed E-state index contributed by atoms with van der Waals surface area (Å²) in [6.45, 7) is 5.72. The summed E-state index contributed by atoms with van der Waals surface area (Å²) in [4.78, 5) is 11.3. The van der Waals surface area contributed by atoms with Gasteiger partial charge >= 0.3 is 0 Å². The maximum atomic E-state index is 4.53. The zero-order valence-electron chi connectivity index (χ0n) is 15.0. The van der Waals surface area contributed by atoms with E-state index in [9.17, 15) is 0 Å². The predicted octanol–water partition coefficient (Wildman–Crippen LogP) is 3.90. The van der Waals surface area contributed by atoms with Crippen LogP contribution in [-0.2, 0) is 13.1 Å². The van der Waals surface area contributed by atoms with Crippen molar-refractivity contribution in [3.05, 3.63) is 59.9 Å². The summed E-state index contributed by atoms with van der Waals surface area (Å²) in [5.74, 6) is 0.795. The molecular weight excluding hydrogens is 326 g/mol. The molecule has 132 valence electrons. The molecule has 0 spiro atoms. The van der Waals surface area contributed by atoms with Gasteiger partial charge in [-0.3, -0.25) is 14.8 Å². The standard InChI is InChI=1S/C21H27N3S/c1-25-21-8-3-2-6-18(21)14-24-13-17-9-10-20(24)16-23(12-17)15-19-7-4-5-11-22-19/h2-8,11,17,20H,9-10,12-16H2,1H3/t17-,20+/m0/s1. The molecule has 2 bridgehead atoms. The molecule has 5 rings (SSSR count). The molecule has 3 aliphatic heterocycles. The van der Waals surface area contributed by atoms with E-state index in [2.05, 4.69) is 57.4 Å². The van der Waals surface area contributed by atoms with Crippen molar-refractivity contribution < 1.29 is 0 Å². The quantitative estimate of drug-likeness (QED) is 0.759. The Morgan fingerprint density at radius 1 is 1.00 bits per heavy atom. The number of hydrogen-bond donors (Lipinski definition) is 0. The molecule has 1 aromatic heterocycles. The Hall–Kier alpha value is -1.36. The van der Waals surface area contributed by atoms with Gasteiger partial charge in [0.2, 0.25) is 0 Å². The first kappa shape index (κ1) is 17.1. The second-order valence-corrected chi connectivity index (χ2v) is 8.20. The Morgan fingerprint density at radius 3 is 2.72 bits per heavy atom. The van der Waals surface area contributed by atoms with Crippen molar-refractivity contribution in [2.45, 2.75) is 36.9 Å². The number of benzene rings is 1. The van der Waals surface area contributed by atoms with E-state index in [1.54, 1.807) is 0 Å². The molecule has 0 amide bonds. The number of rotatable bonds is 5. The molecule has 0 N–H and O–H groups in total. The van der Waals surface area contributed by atoms with Crippen LogP contribution in [0.25, 0.3) is 0 Å². The van der Waals surface area contributed by atoms with E-state index >= 15 is 0 Å². The Kier molecular flexibility index (Phi) is 5.39. The Morgan fingerprint density at radius 2 is 1.88 bits per heavy atom. The minimum Gasteiger partial charge on any atom is -0.296 e. The van der Waals surface area contributed by atoms with Crippen LogP contribution in [0.3, 0.4) is 0 Å². The van der Waals surface area contributed by atoms with Gasteiger partial charge in [0, 0.05) is 49.9 Å². The van der Waals surface area contributed by atoms with Gasteiger partial charge in [0.1, 0.15) is 0 Å². The first-order valence-electron chi connectivity index (χ1n) is 9.30. The number of nitrogens with zero attached hydrogens (tertiary/aromatic N) is 3. The normalized spacial score (nSPS) is 24.4. The third-order valence-corrected chi connectivity index (χ3v) is 6.42. The first-order chi connectivity index (χ1) is 12.3. The number of hydrogen-bond acceptors (Lipinski definition) is 4. The van der Waals surface area contributed by atoms with Crippen molar-refractivity contribution in [1.82, 2.24) is 14.8 Å². The average Bonchev–Trinajstić information content (AvgIpc) is 2.93. The lowest BCUT2D eigenvalue weighted by Crippen LogP contribution is -2.43. The molecular formula is C21H27N3S. The second-order valence-electron chi connectivity index (χ2n) is 7.35. The lowest BCUT2D eigenvalue weighted by atomic mass is 9.94. The summed E-state index contributed by atoms with van der Waals surface area (Å²) in [6, 6.07) is 15.8. The summed E-state index contributed by atoms with van der Waals surface area (Å²) in [6.07, 6.45) is 6.81. The summed E-state index contributed by atoms with van der Waals surface area (Å²) in [5, 5.41) is 0. The Bertz CT molecular complexity index is 691. The third-order valence-electron chi connectivity index (χ3n) is 5.58. The monoisotopic (exact) mass is 353 g/mol. The summed E-state index contributed by atoms with van der Waals surface area (Å²) in [5.41, 5.74) is 2.68. The summed E-state index contributed by atoms with van der Waals surface area (Å²) in [7, 11) is 0. The molecule has 3 nitrogen and oxygen atoms in total. The molecule has 3 aliphatic rings. The van der Waals surface area contributed by atoms with E-state index in [-0.39, 0.29) is 0 Å². The van der Waals surface area contributed by atoms with Crippen molar-refractivity contribution in [2.24, 2.45) is 5.92 Å². The van der Waals surface area contributed by atoms with E-state index in [1.165, 1.54) is 48.6 Å². The van der Waals surface area contributed by atoms with Gasteiger partial charge in [0.15, 0.2) is 0 Å². The molecule has 0 radical (unpaired) electrons. The van der Waals surface area contributed by atoms with Crippen LogP contribution in [0.5, 0.6) is 0 Å². The highest BCUT2D eigenvalue weighted by Crippen LogP contribution is 2.31. The Balaban J connectivity index is 1.46. The van der Waals surface area contributed by atoms with Gasteiger partial charge in [-0.05, 0) is 48.8 Å². The molecule has 3 fully saturated rings. The lowest BCUT2D eigenvalue weighted by molar-refractivity contribution is 0.122. The number of piperidine rings is 1. The predicted molar refractivity (Wildman–Crippen MR) is 105 cm³/mol. The van der Waals surface area contributed by atoms with Crippen LogP contribution in [0, 0.1) is 5.92 Å². The first-order valence-corrected chi connectivity index (χ1v) is 10.5. The Labute approximate surface area is 155 Å². The van der Waals surface area contributed by atoms with Crippen LogP contribution < -0.4 is 0 Å². The van der Waals surface area contributed by atoms with Crippen molar-refractivity contribution in [3.63, 3.8) is 0 Å². The summed E-state index contributed by atoms with van der Waals surface area (Å²) < 4.78 is 0. The fraction of sp³-hybridized carbons (Fsp3) is 0.476. The average molecular weight is 354 g/mol. The van der Waals surface area contributed by atoms with Crippen molar-refractivity contribution in [3.8, 4) is 0 Å². The van der Waals surface area contributed by atoms with Crippen LogP contribution in [-0.4, -0.2) is 46.7 Å². The smallest absolute Gasteiger partial charge is 0.0543 e. The maximum Gasteiger partial charge on any atom is 0.0543 e. The number of fused-ring (bicyclic) bond motifs is 4. The lowest BCUT2D eigenvalue weighted by Gasteiger charge is -2.36. The van der Waals surface area contributed by atoms with E-state index in [0.29, 0.717) is 6.04 Å². The van der Waals surface area contributed by atoms with E-state index in [1.807, 2.05) is 24.0 Å².